The van der Waals surface area contributed by atoms with E-state index in [0.29, 0.717) is 12.5 Å². The Morgan fingerprint density at radius 1 is 1.14 bits per heavy atom. The number of rotatable bonds is 4. The fourth-order valence-electron chi connectivity index (χ4n) is 3.29. The molecule has 0 atom stereocenters. The van der Waals surface area contributed by atoms with Crippen molar-refractivity contribution in [2.75, 3.05) is 45.8 Å². The van der Waals surface area contributed by atoms with Crippen molar-refractivity contribution < 1.29 is 4.79 Å². The second-order valence-corrected chi connectivity index (χ2v) is 7.73. The highest BCUT2D eigenvalue weighted by atomic mass is 32.1. The van der Waals surface area contributed by atoms with Crippen molar-refractivity contribution in [2.45, 2.75) is 26.3 Å². The van der Waals surface area contributed by atoms with Crippen LogP contribution in [0.25, 0.3) is 0 Å². The average Bonchev–Trinajstić information content (AvgIpc) is 3.03. The zero-order valence-corrected chi connectivity index (χ0v) is 14.4. The van der Waals surface area contributed by atoms with Crippen molar-refractivity contribution in [2.24, 2.45) is 5.92 Å². The first-order chi connectivity index (χ1) is 10.7. The molecule has 0 unspecified atom stereocenters. The topological polar surface area (TPSA) is 26.8 Å². The van der Waals surface area contributed by atoms with Gasteiger partial charge in [0.15, 0.2) is 0 Å². The maximum absolute atomic E-state index is 12.4. The molecule has 0 spiro atoms. The third kappa shape index (κ3) is 4.31. The van der Waals surface area contributed by atoms with Gasteiger partial charge < -0.3 is 4.90 Å². The van der Waals surface area contributed by atoms with E-state index in [9.17, 15) is 4.79 Å². The number of likely N-dealkylation sites (tertiary alicyclic amines) is 1. The number of piperazine rings is 1. The summed E-state index contributed by atoms with van der Waals surface area (Å²) < 4.78 is 0. The molecule has 0 saturated carbocycles. The monoisotopic (exact) mass is 321 g/mol. The summed E-state index contributed by atoms with van der Waals surface area (Å²) in [6.45, 7) is 9.91. The largest absolute Gasteiger partial charge is 0.339 e. The Bertz CT molecular complexity index is 460. The number of thiophene rings is 1. The number of hydrogen-bond donors (Lipinski definition) is 0. The van der Waals surface area contributed by atoms with Crippen molar-refractivity contribution in [1.29, 1.82) is 0 Å². The summed E-state index contributed by atoms with van der Waals surface area (Å²) in [5.74, 6) is 1.15. The fraction of sp³-hybridized carbons (Fsp3) is 0.706. The minimum atomic E-state index is 0.324. The Morgan fingerprint density at radius 3 is 2.50 bits per heavy atom. The number of nitrogens with zero attached hydrogens (tertiary/aromatic N) is 3. The second-order valence-electron chi connectivity index (χ2n) is 6.69. The van der Waals surface area contributed by atoms with Gasteiger partial charge in [-0.3, -0.25) is 14.6 Å². The summed E-state index contributed by atoms with van der Waals surface area (Å²) >= 11 is 1.82. The van der Waals surface area contributed by atoms with E-state index in [1.807, 2.05) is 11.3 Å². The number of hydrogen-bond acceptors (Lipinski definition) is 4. The van der Waals surface area contributed by atoms with Crippen LogP contribution in [0.3, 0.4) is 0 Å². The molecule has 0 N–H and O–H groups in total. The minimum absolute atomic E-state index is 0.324. The molecular formula is C17H27N3OS. The molecule has 0 aromatic carbocycles. The summed E-state index contributed by atoms with van der Waals surface area (Å²) in [6, 6.07) is 4.30. The SMILES string of the molecule is CC1CCN(CC(=O)N2CCN(Cc3cccs3)CC2)CC1. The molecule has 0 bridgehead atoms. The molecular weight excluding hydrogens is 294 g/mol. The van der Waals surface area contributed by atoms with E-state index in [-0.39, 0.29) is 0 Å². The van der Waals surface area contributed by atoms with E-state index in [0.717, 1.165) is 51.7 Å². The molecule has 22 heavy (non-hydrogen) atoms. The van der Waals surface area contributed by atoms with Crippen LogP contribution in [0.15, 0.2) is 17.5 Å². The smallest absolute Gasteiger partial charge is 0.236 e. The van der Waals surface area contributed by atoms with Gasteiger partial charge >= 0.3 is 0 Å². The van der Waals surface area contributed by atoms with Crippen molar-refractivity contribution >= 4 is 17.2 Å². The summed E-state index contributed by atoms with van der Waals surface area (Å²) in [7, 11) is 0. The molecule has 2 aliphatic rings. The molecule has 1 amide bonds. The van der Waals surface area contributed by atoms with E-state index in [1.165, 1.54) is 17.7 Å². The van der Waals surface area contributed by atoms with Crippen molar-refractivity contribution in [3.05, 3.63) is 22.4 Å². The van der Waals surface area contributed by atoms with Crippen LogP contribution in [-0.4, -0.2) is 66.4 Å². The lowest BCUT2D eigenvalue weighted by Crippen LogP contribution is -2.51. The van der Waals surface area contributed by atoms with Crippen LogP contribution in [0.2, 0.25) is 0 Å². The van der Waals surface area contributed by atoms with Crippen molar-refractivity contribution in [3.8, 4) is 0 Å². The minimum Gasteiger partial charge on any atom is -0.339 e. The molecule has 0 aliphatic carbocycles. The van der Waals surface area contributed by atoms with Gasteiger partial charge in [-0.2, -0.15) is 0 Å². The maximum Gasteiger partial charge on any atom is 0.236 e. The van der Waals surface area contributed by atoms with Crippen LogP contribution in [0.4, 0.5) is 0 Å². The molecule has 5 heteroatoms. The van der Waals surface area contributed by atoms with Gasteiger partial charge in [0.25, 0.3) is 0 Å². The van der Waals surface area contributed by atoms with Gasteiger partial charge in [0, 0.05) is 37.6 Å². The van der Waals surface area contributed by atoms with E-state index < -0.39 is 0 Å². The first-order valence-electron chi connectivity index (χ1n) is 8.45. The van der Waals surface area contributed by atoms with Crippen molar-refractivity contribution in [3.63, 3.8) is 0 Å². The zero-order valence-electron chi connectivity index (χ0n) is 13.5. The third-order valence-corrected chi connectivity index (χ3v) is 5.78. The fourth-order valence-corrected chi connectivity index (χ4v) is 4.04. The van der Waals surface area contributed by atoms with Crippen LogP contribution in [0.1, 0.15) is 24.6 Å². The van der Waals surface area contributed by atoms with Gasteiger partial charge in [0.1, 0.15) is 0 Å². The van der Waals surface area contributed by atoms with E-state index in [4.69, 9.17) is 0 Å². The van der Waals surface area contributed by atoms with E-state index >= 15 is 0 Å². The average molecular weight is 321 g/mol. The quantitative estimate of drug-likeness (QED) is 0.850. The first kappa shape index (κ1) is 16.0. The molecule has 3 heterocycles. The highest BCUT2D eigenvalue weighted by Gasteiger charge is 2.24. The molecule has 3 rings (SSSR count). The maximum atomic E-state index is 12.4. The van der Waals surface area contributed by atoms with Gasteiger partial charge in [-0.25, -0.2) is 0 Å². The van der Waals surface area contributed by atoms with Gasteiger partial charge in [0.2, 0.25) is 5.91 Å². The zero-order chi connectivity index (χ0) is 15.4. The lowest BCUT2D eigenvalue weighted by molar-refractivity contribution is -0.134. The van der Waals surface area contributed by atoms with Crippen LogP contribution in [-0.2, 0) is 11.3 Å². The highest BCUT2D eigenvalue weighted by molar-refractivity contribution is 7.09. The third-order valence-electron chi connectivity index (χ3n) is 4.92. The molecule has 2 aliphatic heterocycles. The Balaban J connectivity index is 1.40. The first-order valence-corrected chi connectivity index (χ1v) is 9.33. The number of piperidine rings is 1. The lowest BCUT2D eigenvalue weighted by Gasteiger charge is -2.36. The highest BCUT2D eigenvalue weighted by Crippen LogP contribution is 2.17. The normalized spacial score (nSPS) is 22.1. The van der Waals surface area contributed by atoms with E-state index in [2.05, 4.69) is 39.1 Å². The molecule has 1 aromatic heterocycles. The van der Waals surface area contributed by atoms with Crippen LogP contribution < -0.4 is 0 Å². The van der Waals surface area contributed by atoms with Gasteiger partial charge in [0.05, 0.1) is 6.54 Å². The van der Waals surface area contributed by atoms with Crippen LogP contribution in [0.5, 0.6) is 0 Å². The molecule has 0 radical (unpaired) electrons. The number of carbonyl (C=O) groups is 1. The summed E-state index contributed by atoms with van der Waals surface area (Å²) in [5, 5.41) is 2.13. The Hall–Kier alpha value is -0.910. The van der Waals surface area contributed by atoms with Crippen LogP contribution >= 0.6 is 11.3 Å². The van der Waals surface area contributed by atoms with Crippen molar-refractivity contribution in [1.82, 2.24) is 14.7 Å². The second kappa shape index (κ2) is 7.57. The molecule has 2 fully saturated rings. The van der Waals surface area contributed by atoms with Gasteiger partial charge in [-0.15, -0.1) is 11.3 Å². The standard InChI is InChI=1S/C17H27N3OS/c1-15-4-6-18(7-5-15)14-17(21)20-10-8-19(9-11-20)13-16-3-2-12-22-16/h2-3,12,15H,4-11,13-14H2,1H3. The van der Waals surface area contributed by atoms with Gasteiger partial charge in [-0.05, 0) is 43.3 Å². The predicted octanol–water partition coefficient (Wildman–Crippen LogP) is 2.12. The lowest BCUT2D eigenvalue weighted by atomic mass is 9.99. The summed E-state index contributed by atoms with van der Waals surface area (Å²) in [6.07, 6.45) is 2.48. The van der Waals surface area contributed by atoms with E-state index in [1.54, 1.807) is 0 Å². The Morgan fingerprint density at radius 2 is 1.86 bits per heavy atom. The predicted molar refractivity (Wildman–Crippen MR) is 91.0 cm³/mol. The number of amides is 1. The summed E-state index contributed by atoms with van der Waals surface area (Å²) in [5.41, 5.74) is 0. The molecule has 4 nitrogen and oxygen atoms in total. The summed E-state index contributed by atoms with van der Waals surface area (Å²) in [4.78, 5) is 20.7. The molecule has 122 valence electrons. The van der Waals surface area contributed by atoms with Gasteiger partial charge in [-0.1, -0.05) is 13.0 Å². The number of carbonyl (C=O) groups excluding carboxylic acids is 1. The molecule has 1 aromatic rings. The molecule has 2 saturated heterocycles. The Labute approximate surface area is 137 Å². The Kier molecular flexibility index (Phi) is 5.50. The van der Waals surface area contributed by atoms with Crippen LogP contribution in [0, 0.1) is 5.92 Å².